The molecule has 0 spiro atoms. The number of hydrogen-bond acceptors (Lipinski definition) is 7. The molecule has 4 rings (SSSR count). The number of aryl methyl sites for hydroxylation is 1. The number of piperidine rings is 1. The molecule has 0 aliphatic carbocycles. The standard InChI is InChI=1S/C21H23N5O3/c1-15-24-25-20(28-15)14-26-11-9-16(10-12-26)21(27)23-17-7-8-19(22-13-17)29-18-5-3-2-4-6-18/h2-8,13,16H,9-12,14H2,1H3,(H,23,27). The summed E-state index contributed by atoms with van der Waals surface area (Å²) in [6, 6.07) is 13.0. The Labute approximate surface area is 168 Å². The maximum Gasteiger partial charge on any atom is 0.230 e. The van der Waals surface area contributed by atoms with Crippen LogP contribution in [0.2, 0.25) is 0 Å². The van der Waals surface area contributed by atoms with Gasteiger partial charge in [-0.2, -0.15) is 0 Å². The van der Waals surface area contributed by atoms with Crippen LogP contribution in [0.25, 0.3) is 0 Å². The van der Waals surface area contributed by atoms with Crippen LogP contribution in [0.15, 0.2) is 53.1 Å². The van der Waals surface area contributed by atoms with Gasteiger partial charge >= 0.3 is 0 Å². The van der Waals surface area contributed by atoms with Gasteiger partial charge in [0.1, 0.15) is 5.75 Å². The average molecular weight is 393 g/mol. The minimum atomic E-state index is -0.0177. The van der Waals surface area contributed by atoms with Crippen LogP contribution in [0.4, 0.5) is 5.69 Å². The molecule has 0 radical (unpaired) electrons. The van der Waals surface area contributed by atoms with Crippen molar-refractivity contribution in [2.24, 2.45) is 5.92 Å². The highest BCUT2D eigenvalue weighted by molar-refractivity contribution is 5.92. The number of nitrogens with zero attached hydrogens (tertiary/aromatic N) is 4. The first-order valence-electron chi connectivity index (χ1n) is 9.67. The second kappa shape index (κ2) is 8.83. The summed E-state index contributed by atoms with van der Waals surface area (Å²) in [5, 5.41) is 10.8. The number of nitrogens with one attached hydrogen (secondary N) is 1. The molecule has 0 saturated carbocycles. The van der Waals surface area contributed by atoms with E-state index in [1.807, 2.05) is 30.3 Å². The Kier molecular flexibility index (Phi) is 5.81. The topological polar surface area (TPSA) is 93.4 Å². The molecule has 1 N–H and O–H groups in total. The summed E-state index contributed by atoms with van der Waals surface area (Å²) in [7, 11) is 0. The number of para-hydroxylation sites is 1. The lowest BCUT2D eigenvalue weighted by molar-refractivity contribution is -0.121. The number of rotatable bonds is 6. The third-order valence-electron chi connectivity index (χ3n) is 4.85. The number of benzene rings is 1. The number of aromatic nitrogens is 3. The van der Waals surface area contributed by atoms with Gasteiger partial charge in [-0.05, 0) is 44.1 Å². The van der Waals surface area contributed by atoms with E-state index in [0.717, 1.165) is 31.7 Å². The van der Waals surface area contributed by atoms with Crippen LogP contribution >= 0.6 is 0 Å². The fourth-order valence-electron chi connectivity index (χ4n) is 3.31. The summed E-state index contributed by atoms with van der Waals surface area (Å²) >= 11 is 0. The third kappa shape index (κ3) is 5.17. The monoisotopic (exact) mass is 393 g/mol. The van der Waals surface area contributed by atoms with Crippen LogP contribution in [0.3, 0.4) is 0 Å². The van der Waals surface area contributed by atoms with Crippen molar-refractivity contribution in [3.8, 4) is 11.6 Å². The maximum absolute atomic E-state index is 12.6. The Bertz CT molecular complexity index is 934. The molecule has 1 fully saturated rings. The highest BCUT2D eigenvalue weighted by atomic mass is 16.5. The smallest absolute Gasteiger partial charge is 0.230 e. The van der Waals surface area contributed by atoms with Crippen molar-refractivity contribution in [3.05, 3.63) is 60.4 Å². The van der Waals surface area contributed by atoms with Gasteiger partial charge in [0.15, 0.2) is 0 Å². The number of carbonyl (C=O) groups excluding carboxylic acids is 1. The van der Waals surface area contributed by atoms with E-state index in [2.05, 4.69) is 25.4 Å². The summed E-state index contributed by atoms with van der Waals surface area (Å²) in [5.74, 6) is 2.41. The zero-order valence-electron chi connectivity index (χ0n) is 16.2. The van der Waals surface area contributed by atoms with E-state index in [1.165, 1.54) is 0 Å². The number of likely N-dealkylation sites (tertiary alicyclic amines) is 1. The third-order valence-corrected chi connectivity index (χ3v) is 4.85. The lowest BCUT2D eigenvalue weighted by Gasteiger charge is -2.30. The quantitative estimate of drug-likeness (QED) is 0.686. The zero-order chi connectivity index (χ0) is 20.1. The Balaban J connectivity index is 1.25. The number of amides is 1. The van der Waals surface area contributed by atoms with Crippen molar-refractivity contribution in [2.75, 3.05) is 18.4 Å². The molecule has 3 heterocycles. The largest absolute Gasteiger partial charge is 0.439 e. The molecule has 3 aromatic rings. The lowest BCUT2D eigenvalue weighted by Crippen LogP contribution is -2.37. The van der Waals surface area contributed by atoms with Gasteiger partial charge in [0.2, 0.25) is 23.6 Å². The molecular weight excluding hydrogens is 370 g/mol. The Hall–Kier alpha value is -3.26. The Morgan fingerprint density at radius 3 is 2.62 bits per heavy atom. The molecule has 8 nitrogen and oxygen atoms in total. The average Bonchev–Trinajstić information content (AvgIpc) is 3.15. The van der Waals surface area contributed by atoms with Gasteiger partial charge in [0, 0.05) is 18.9 Å². The van der Waals surface area contributed by atoms with E-state index >= 15 is 0 Å². The first-order valence-corrected chi connectivity index (χ1v) is 9.67. The molecule has 150 valence electrons. The van der Waals surface area contributed by atoms with Gasteiger partial charge in [-0.1, -0.05) is 18.2 Å². The lowest BCUT2D eigenvalue weighted by atomic mass is 9.96. The first-order chi connectivity index (χ1) is 14.2. The summed E-state index contributed by atoms with van der Waals surface area (Å²) < 4.78 is 11.1. The summed E-state index contributed by atoms with van der Waals surface area (Å²) in [6.45, 7) is 4.05. The molecular formula is C21H23N5O3. The molecule has 1 aromatic carbocycles. The van der Waals surface area contributed by atoms with Gasteiger partial charge in [0.05, 0.1) is 18.4 Å². The van der Waals surface area contributed by atoms with Crippen LogP contribution in [0.1, 0.15) is 24.6 Å². The van der Waals surface area contributed by atoms with Crippen molar-refractivity contribution in [1.29, 1.82) is 0 Å². The van der Waals surface area contributed by atoms with E-state index in [9.17, 15) is 4.79 Å². The highest BCUT2D eigenvalue weighted by Gasteiger charge is 2.26. The normalized spacial score (nSPS) is 15.2. The molecule has 1 saturated heterocycles. The van der Waals surface area contributed by atoms with Crippen LogP contribution in [-0.4, -0.2) is 39.1 Å². The minimum Gasteiger partial charge on any atom is -0.439 e. The molecule has 8 heteroatoms. The molecule has 0 bridgehead atoms. The second-order valence-electron chi connectivity index (χ2n) is 7.05. The fourth-order valence-corrected chi connectivity index (χ4v) is 3.31. The molecule has 0 unspecified atom stereocenters. The first kappa shape index (κ1) is 19.1. The highest BCUT2D eigenvalue weighted by Crippen LogP contribution is 2.23. The van der Waals surface area contributed by atoms with Gasteiger partial charge in [-0.15, -0.1) is 10.2 Å². The van der Waals surface area contributed by atoms with Crippen molar-refractivity contribution < 1.29 is 13.9 Å². The van der Waals surface area contributed by atoms with Gasteiger partial charge in [0.25, 0.3) is 0 Å². The number of ether oxygens (including phenoxy) is 1. The van der Waals surface area contributed by atoms with Gasteiger partial charge < -0.3 is 14.5 Å². The van der Waals surface area contributed by atoms with E-state index in [0.29, 0.717) is 29.9 Å². The van der Waals surface area contributed by atoms with Crippen molar-refractivity contribution in [2.45, 2.75) is 26.3 Å². The number of pyridine rings is 1. The van der Waals surface area contributed by atoms with Gasteiger partial charge in [-0.25, -0.2) is 4.98 Å². The second-order valence-corrected chi connectivity index (χ2v) is 7.05. The SMILES string of the molecule is Cc1nnc(CN2CCC(C(=O)Nc3ccc(Oc4ccccc4)nc3)CC2)o1. The molecule has 0 atom stereocenters. The van der Waals surface area contributed by atoms with Crippen molar-refractivity contribution in [3.63, 3.8) is 0 Å². The number of hydrogen-bond donors (Lipinski definition) is 1. The maximum atomic E-state index is 12.6. The van der Waals surface area contributed by atoms with E-state index in [1.54, 1.807) is 25.3 Å². The summed E-state index contributed by atoms with van der Waals surface area (Å²) in [5.41, 5.74) is 0.666. The Morgan fingerprint density at radius 2 is 1.97 bits per heavy atom. The molecule has 1 amide bonds. The summed E-state index contributed by atoms with van der Waals surface area (Å²) in [6.07, 6.45) is 3.20. The van der Waals surface area contributed by atoms with Crippen LogP contribution in [-0.2, 0) is 11.3 Å². The van der Waals surface area contributed by atoms with Crippen molar-refractivity contribution >= 4 is 11.6 Å². The predicted octanol–water partition coefficient (Wildman–Crippen LogP) is 3.42. The summed E-state index contributed by atoms with van der Waals surface area (Å²) in [4.78, 5) is 19.1. The van der Waals surface area contributed by atoms with Crippen LogP contribution < -0.4 is 10.1 Å². The Morgan fingerprint density at radius 1 is 1.17 bits per heavy atom. The van der Waals surface area contributed by atoms with Crippen LogP contribution in [0, 0.1) is 12.8 Å². The number of carbonyl (C=O) groups is 1. The van der Waals surface area contributed by atoms with E-state index in [-0.39, 0.29) is 11.8 Å². The fraction of sp³-hybridized carbons (Fsp3) is 0.333. The van der Waals surface area contributed by atoms with Gasteiger partial charge in [-0.3, -0.25) is 9.69 Å². The van der Waals surface area contributed by atoms with Crippen LogP contribution in [0.5, 0.6) is 11.6 Å². The number of anilines is 1. The predicted molar refractivity (Wildman–Crippen MR) is 106 cm³/mol. The zero-order valence-corrected chi connectivity index (χ0v) is 16.2. The molecule has 1 aliphatic heterocycles. The molecule has 1 aliphatic rings. The minimum absolute atomic E-state index is 0.0177. The van der Waals surface area contributed by atoms with E-state index in [4.69, 9.17) is 9.15 Å². The molecule has 29 heavy (non-hydrogen) atoms. The van der Waals surface area contributed by atoms with E-state index < -0.39 is 0 Å². The molecule has 2 aromatic heterocycles. The van der Waals surface area contributed by atoms with Crippen molar-refractivity contribution in [1.82, 2.24) is 20.1 Å².